The second-order valence-corrected chi connectivity index (χ2v) is 22.9. The first-order valence-corrected chi connectivity index (χ1v) is 18.8. The van der Waals surface area contributed by atoms with Crippen molar-refractivity contribution < 1.29 is 20.9 Å². The van der Waals surface area contributed by atoms with E-state index in [1.54, 1.807) is 30.4 Å². The minimum atomic E-state index is -2.10. The molecule has 4 heteroatoms. The van der Waals surface area contributed by atoms with Crippen LogP contribution in [0.4, 0.5) is 0 Å². The van der Waals surface area contributed by atoms with Crippen molar-refractivity contribution in [3.8, 4) is 0 Å². The topological polar surface area (TPSA) is 0 Å². The van der Waals surface area contributed by atoms with Crippen LogP contribution < -0.4 is 10.4 Å². The van der Waals surface area contributed by atoms with Crippen molar-refractivity contribution in [2.45, 2.75) is 34.1 Å². The van der Waals surface area contributed by atoms with Crippen LogP contribution in [-0.4, -0.2) is 5.92 Å². The van der Waals surface area contributed by atoms with Crippen molar-refractivity contribution in [2.75, 3.05) is 0 Å². The molecule has 0 heterocycles. The third-order valence-corrected chi connectivity index (χ3v) is 28.5. The molecular formula is C26H31Cl2SiZr. The molecule has 0 bridgehead atoms. The molecule has 0 N–H and O–H groups in total. The second-order valence-electron chi connectivity index (χ2n) is 8.06. The van der Waals surface area contributed by atoms with Gasteiger partial charge in [0.1, 0.15) is 0 Å². The van der Waals surface area contributed by atoms with Crippen LogP contribution in [0, 0.1) is 5.92 Å². The van der Waals surface area contributed by atoms with Crippen LogP contribution in [0.2, 0.25) is 0 Å². The number of hydrogen-bond acceptors (Lipinski definition) is 0. The fourth-order valence-corrected chi connectivity index (χ4v) is 30.0. The molecule has 30 heavy (non-hydrogen) atoms. The molecule has 2 aliphatic rings. The molecule has 0 saturated heterocycles. The van der Waals surface area contributed by atoms with E-state index in [0.717, 1.165) is 0 Å². The summed E-state index contributed by atoms with van der Waals surface area (Å²) in [6.07, 6.45) is 8.34. The normalized spacial score (nSPS) is 17.8. The van der Waals surface area contributed by atoms with Gasteiger partial charge < -0.3 is 0 Å². The van der Waals surface area contributed by atoms with Gasteiger partial charge >= 0.3 is 179 Å². The smallest absolute Gasteiger partial charge is 0.147 e. The number of allylic oxidation sites excluding steroid dienone is 8. The molecule has 0 saturated carbocycles. The number of halogens is 2. The van der Waals surface area contributed by atoms with E-state index in [1.165, 1.54) is 6.42 Å². The first kappa shape index (κ1) is 25.3. The summed E-state index contributed by atoms with van der Waals surface area (Å²) in [7, 11) is 0. The standard InChI is InChI=1S/C12H11Si.C9H13.C5H5.2ClH.Zr/c1-3-7-11(8-4-1)13-12-9-5-2-6-10-12;1-6-5-7(2)9(4)8(6)3;1-2-4-5-3-1;;;/h1-10,13H;6H,1-4H3;1-3H,4H2;2*1H;. The summed E-state index contributed by atoms with van der Waals surface area (Å²) in [5.74, 6) is -0.676. The van der Waals surface area contributed by atoms with E-state index in [9.17, 15) is 0 Å². The van der Waals surface area contributed by atoms with Crippen LogP contribution in [0.15, 0.2) is 102 Å². The van der Waals surface area contributed by atoms with Gasteiger partial charge in [-0.15, -0.1) is 24.8 Å². The number of hydrogen-bond donors (Lipinski definition) is 0. The minimum absolute atomic E-state index is 0. The summed E-state index contributed by atoms with van der Waals surface area (Å²) in [6, 6.07) is 23.0. The fourth-order valence-electron chi connectivity index (χ4n) is 4.78. The Hall–Kier alpha value is -0.920. The van der Waals surface area contributed by atoms with Crippen molar-refractivity contribution >= 4 is 41.1 Å². The van der Waals surface area contributed by atoms with Gasteiger partial charge in [0.15, 0.2) is 0 Å². The average Bonchev–Trinajstić information content (AvgIpc) is 3.33. The summed E-state index contributed by atoms with van der Waals surface area (Å²) >= 11 is -2.10. The second kappa shape index (κ2) is 11.1. The molecule has 2 aromatic rings. The molecule has 2 aliphatic carbocycles. The molecule has 2 aromatic carbocycles. The zero-order chi connectivity index (χ0) is 19.7. The Morgan fingerprint density at radius 3 is 1.73 bits per heavy atom. The third-order valence-electron chi connectivity index (χ3n) is 6.60. The summed E-state index contributed by atoms with van der Waals surface area (Å²) in [5, 5.41) is 3.26. The maximum absolute atomic E-state index is 2.48. The summed E-state index contributed by atoms with van der Waals surface area (Å²) in [6.45, 7) is 9.58. The van der Waals surface area contributed by atoms with Crippen LogP contribution >= 0.6 is 24.8 Å². The zero-order valence-electron chi connectivity index (χ0n) is 18.2. The van der Waals surface area contributed by atoms with Crippen molar-refractivity contribution in [3.63, 3.8) is 0 Å². The van der Waals surface area contributed by atoms with Gasteiger partial charge in [-0.2, -0.15) is 0 Å². The van der Waals surface area contributed by atoms with Crippen LogP contribution in [0.5, 0.6) is 0 Å². The number of benzene rings is 2. The number of rotatable bonds is 5. The van der Waals surface area contributed by atoms with E-state index in [2.05, 4.69) is 107 Å². The minimum Gasteiger partial charge on any atom is -0.147 e. The summed E-state index contributed by atoms with van der Waals surface area (Å²) < 4.78 is 3.67. The molecule has 4 rings (SSSR count). The molecule has 0 nitrogen and oxygen atoms in total. The zero-order valence-corrected chi connectivity index (χ0v) is 23.4. The maximum atomic E-state index is 2.48. The predicted octanol–water partition coefficient (Wildman–Crippen LogP) is 6.09. The quantitative estimate of drug-likeness (QED) is 0.408. The Bertz CT molecular complexity index is 951. The largest absolute Gasteiger partial charge is 0.147 e. The predicted molar refractivity (Wildman–Crippen MR) is 136 cm³/mol. The van der Waals surface area contributed by atoms with Gasteiger partial charge in [0.25, 0.3) is 0 Å². The fraction of sp³-hybridized carbons (Fsp3) is 0.231. The molecule has 0 fully saturated rings. The van der Waals surface area contributed by atoms with E-state index >= 15 is 0 Å². The van der Waals surface area contributed by atoms with Crippen molar-refractivity contribution in [1.82, 2.24) is 0 Å². The van der Waals surface area contributed by atoms with Crippen molar-refractivity contribution in [2.24, 2.45) is 5.92 Å². The molecule has 1 atom stereocenters. The van der Waals surface area contributed by atoms with Crippen LogP contribution in [-0.2, 0) is 20.9 Å². The molecule has 157 valence electrons. The Kier molecular flexibility index (Phi) is 9.37. The van der Waals surface area contributed by atoms with Gasteiger partial charge in [-0.1, -0.05) is 0 Å². The van der Waals surface area contributed by atoms with Gasteiger partial charge in [-0.05, 0) is 0 Å². The molecule has 0 amide bonds. The molecule has 0 aromatic heterocycles. The summed E-state index contributed by atoms with van der Waals surface area (Å²) in [4.78, 5) is 0. The summed E-state index contributed by atoms with van der Waals surface area (Å²) in [5.41, 5.74) is 4.78. The van der Waals surface area contributed by atoms with E-state index in [1.807, 2.05) is 3.28 Å². The van der Waals surface area contributed by atoms with Gasteiger partial charge in [0.05, 0.1) is 0 Å². The Labute approximate surface area is 202 Å². The van der Waals surface area contributed by atoms with Gasteiger partial charge in [-0.3, -0.25) is 0 Å². The SMILES string of the molecule is CC1=C(C)C(C)[C]([Zr]([C]2=CC=CC2)[SiH](c2ccccc2)c2ccccc2)=C1C.Cl.Cl. The Morgan fingerprint density at radius 1 is 0.800 bits per heavy atom. The van der Waals surface area contributed by atoms with Gasteiger partial charge in [-0.25, -0.2) is 0 Å². The molecule has 0 aliphatic heterocycles. The van der Waals surface area contributed by atoms with Crippen LogP contribution in [0.3, 0.4) is 0 Å². The molecule has 0 spiro atoms. The van der Waals surface area contributed by atoms with Crippen LogP contribution in [0.1, 0.15) is 34.1 Å². The molecular weight excluding hydrogens is 503 g/mol. The monoisotopic (exact) mass is 531 g/mol. The Balaban J connectivity index is 0.00000160. The van der Waals surface area contributed by atoms with Gasteiger partial charge in [0.2, 0.25) is 0 Å². The molecule has 1 unspecified atom stereocenters. The molecule has 0 radical (unpaired) electrons. The van der Waals surface area contributed by atoms with Crippen molar-refractivity contribution in [1.29, 1.82) is 0 Å². The van der Waals surface area contributed by atoms with Crippen LogP contribution in [0.25, 0.3) is 0 Å². The van der Waals surface area contributed by atoms with E-state index in [-0.39, 0.29) is 24.8 Å². The average molecular weight is 534 g/mol. The van der Waals surface area contributed by atoms with Crippen molar-refractivity contribution in [3.05, 3.63) is 102 Å². The van der Waals surface area contributed by atoms with E-state index in [0.29, 0.717) is 5.92 Å². The van der Waals surface area contributed by atoms with E-state index < -0.39 is 26.8 Å². The Morgan fingerprint density at radius 2 is 1.33 bits per heavy atom. The first-order valence-electron chi connectivity index (χ1n) is 10.3. The maximum Gasteiger partial charge on any atom is -0.147 e. The van der Waals surface area contributed by atoms with E-state index in [4.69, 9.17) is 0 Å². The third kappa shape index (κ3) is 4.78. The first-order chi connectivity index (χ1) is 13.6. The van der Waals surface area contributed by atoms with Gasteiger partial charge in [0, 0.05) is 0 Å².